The largest absolute Gasteiger partial charge is 0.477 e. The second kappa shape index (κ2) is 11.0. The lowest BCUT2D eigenvalue weighted by Gasteiger charge is -2.56. The maximum atomic E-state index is 13.8. The van der Waals surface area contributed by atoms with Gasteiger partial charge in [-0.1, -0.05) is 0 Å². The van der Waals surface area contributed by atoms with E-state index in [9.17, 15) is 29.1 Å². The molecule has 4 rings (SSSR count). The number of carbonyl (C=O) groups excluding carboxylic acids is 4. The van der Waals surface area contributed by atoms with Crippen molar-refractivity contribution in [3.8, 4) is 0 Å². The second-order valence-electron chi connectivity index (χ2n) is 10.4. The summed E-state index contributed by atoms with van der Waals surface area (Å²) in [6.07, 6.45) is 4.91. The first-order chi connectivity index (χ1) is 18.8. The van der Waals surface area contributed by atoms with Crippen molar-refractivity contribution in [2.45, 2.75) is 63.3 Å². The van der Waals surface area contributed by atoms with Gasteiger partial charge >= 0.3 is 18.0 Å². The van der Waals surface area contributed by atoms with Gasteiger partial charge in [-0.25, -0.2) is 9.59 Å². The summed E-state index contributed by atoms with van der Waals surface area (Å²) in [5, 5.41) is 14.2. The predicted octanol–water partition coefficient (Wildman–Crippen LogP) is 1.67. The quantitative estimate of drug-likeness (QED) is 0.218. The lowest BCUT2D eigenvalue weighted by molar-refractivity contribution is -0.192. The lowest BCUT2D eigenvalue weighted by Crippen LogP contribution is -2.81. The Bertz CT molecular complexity index is 1280. The van der Waals surface area contributed by atoms with Gasteiger partial charge in [-0.15, -0.1) is 11.8 Å². The molecule has 0 spiro atoms. The summed E-state index contributed by atoms with van der Waals surface area (Å²) in [7, 11) is 1.23. The van der Waals surface area contributed by atoms with Crippen molar-refractivity contribution >= 4 is 41.6 Å². The molecular formula is C26H31N3O10S. The minimum Gasteiger partial charge on any atom is -0.477 e. The van der Waals surface area contributed by atoms with E-state index >= 15 is 0 Å². The molecule has 0 saturated carbocycles. The van der Waals surface area contributed by atoms with Crippen LogP contribution in [0.4, 0.5) is 4.79 Å². The third-order valence-electron chi connectivity index (χ3n) is 6.54. The number of amides is 3. The highest BCUT2D eigenvalue weighted by atomic mass is 32.2. The van der Waals surface area contributed by atoms with E-state index in [4.69, 9.17) is 18.9 Å². The number of aliphatic carboxylic acids is 1. The summed E-state index contributed by atoms with van der Waals surface area (Å²) in [5.74, 6) is -3.43. The number of hydrogen-bond acceptors (Lipinski definition) is 10. The number of carboxylic acid groups (broad SMARTS) is 1. The molecule has 0 radical (unpaired) electrons. The molecular weight excluding hydrogens is 546 g/mol. The number of β-lactam (4-membered cyclic amide) rings is 1. The first-order valence-corrected chi connectivity index (χ1v) is 13.5. The van der Waals surface area contributed by atoms with Crippen molar-refractivity contribution in [2.24, 2.45) is 0 Å². The molecule has 3 amide bonds. The number of fused-ring (bicyclic) bond motifs is 2. The van der Waals surface area contributed by atoms with Crippen LogP contribution in [0, 0.1) is 0 Å². The number of rotatable bonds is 8. The smallest absolute Gasteiger partial charge is 0.408 e. The number of thioether (sulfide) groups is 1. The molecule has 0 bridgehead atoms. The molecule has 0 aromatic rings. The fourth-order valence-electron chi connectivity index (χ4n) is 4.84. The van der Waals surface area contributed by atoms with Crippen LogP contribution in [0.5, 0.6) is 0 Å². The topological polar surface area (TPSA) is 170 Å². The highest BCUT2D eigenvalue weighted by Crippen LogP contribution is 2.47. The van der Waals surface area contributed by atoms with Crippen LogP contribution in [0.2, 0.25) is 0 Å². The number of esters is 1. The SMILES string of the molecule is COC1(NC(=O)C(NC(=O)OC(C)(C)C)C2=C3C=COC=C3CC2)C(=O)N2C(C(=O)O)=C(COC(C)=O)CSC21. The Morgan fingerprint density at radius 1 is 1.27 bits per heavy atom. The van der Waals surface area contributed by atoms with Crippen molar-refractivity contribution in [2.75, 3.05) is 19.5 Å². The normalized spacial score (nSPS) is 24.2. The van der Waals surface area contributed by atoms with E-state index in [0.717, 1.165) is 27.8 Å². The summed E-state index contributed by atoms with van der Waals surface area (Å²) >= 11 is 1.15. The van der Waals surface area contributed by atoms with Gasteiger partial charge in [0, 0.05) is 25.4 Å². The van der Waals surface area contributed by atoms with Gasteiger partial charge < -0.3 is 34.7 Å². The molecule has 1 saturated heterocycles. The summed E-state index contributed by atoms with van der Waals surface area (Å²) in [5.41, 5.74) is -0.652. The molecule has 3 heterocycles. The highest BCUT2D eigenvalue weighted by molar-refractivity contribution is 8.00. The van der Waals surface area contributed by atoms with Crippen LogP contribution in [0.25, 0.3) is 0 Å². The number of nitrogens with one attached hydrogen (secondary N) is 2. The van der Waals surface area contributed by atoms with Crippen LogP contribution in [0.3, 0.4) is 0 Å². The minimum absolute atomic E-state index is 0.109. The van der Waals surface area contributed by atoms with Crippen molar-refractivity contribution in [3.63, 3.8) is 0 Å². The fourth-order valence-corrected chi connectivity index (χ4v) is 6.26. The number of methoxy groups -OCH3 is 1. The molecule has 216 valence electrons. The zero-order valence-corrected chi connectivity index (χ0v) is 23.5. The van der Waals surface area contributed by atoms with Gasteiger partial charge in [-0.3, -0.25) is 19.3 Å². The average Bonchev–Trinajstić information content (AvgIpc) is 3.31. The summed E-state index contributed by atoms with van der Waals surface area (Å²) in [6, 6.07) is -1.23. The molecule has 3 unspecified atom stereocenters. The Labute approximate surface area is 234 Å². The van der Waals surface area contributed by atoms with Crippen molar-refractivity contribution < 1.29 is 48.0 Å². The van der Waals surface area contributed by atoms with Crippen molar-refractivity contribution in [3.05, 3.63) is 46.6 Å². The van der Waals surface area contributed by atoms with E-state index in [-0.39, 0.29) is 23.6 Å². The van der Waals surface area contributed by atoms with Crippen molar-refractivity contribution in [1.82, 2.24) is 15.5 Å². The second-order valence-corrected chi connectivity index (χ2v) is 11.5. The van der Waals surface area contributed by atoms with Crippen LogP contribution in [-0.2, 0) is 38.1 Å². The fraction of sp³-hybridized carbons (Fsp3) is 0.500. The van der Waals surface area contributed by atoms with Gasteiger partial charge in [0.1, 0.15) is 29.3 Å². The third-order valence-corrected chi connectivity index (χ3v) is 7.92. The van der Waals surface area contributed by atoms with Gasteiger partial charge in [0.25, 0.3) is 11.6 Å². The molecule has 0 aromatic heterocycles. The standard InChI is InChI=1S/C26H31N3O10S/c1-13(30)38-11-15-12-40-23-26(36-5,22(34)29(23)19(15)21(32)33)28-20(31)18(27-24(35)39-25(2,3)4)17-7-6-14-10-37-9-8-16(14)17/h8-10,18,23H,6-7,11-12H2,1-5H3,(H,27,35)(H,28,31)(H,32,33). The first kappa shape index (κ1) is 29.2. The zero-order chi connectivity index (χ0) is 29.4. The Balaban J connectivity index is 1.63. The molecule has 3 N–H and O–H groups in total. The molecule has 40 heavy (non-hydrogen) atoms. The molecule has 0 aromatic carbocycles. The number of carboxylic acids is 1. The molecule has 13 nitrogen and oxygen atoms in total. The number of allylic oxidation sites excluding steroid dienone is 3. The van der Waals surface area contributed by atoms with E-state index in [0.29, 0.717) is 18.4 Å². The van der Waals surface area contributed by atoms with E-state index in [2.05, 4.69) is 10.6 Å². The Kier molecular flexibility index (Phi) is 8.04. The summed E-state index contributed by atoms with van der Waals surface area (Å²) in [6.45, 7) is 5.96. The maximum Gasteiger partial charge on any atom is 0.408 e. The van der Waals surface area contributed by atoms with Crippen molar-refractivity contribution in [1.29, 1.82) is 0 Å². The number of nitrogens with zero attached hydrogens (tertiary/aromatic N) is 1. The Morgan fingerprint density at radius 3 is 2.62 bits per heavy atom. The van der Waals surface area contributed by atoms with Crippen LogP contribution in [0.15, 0.2) is 46.6 Å². The third kappa shape index (κ3) is 5.45. The first-order valence-electron chi connectivity index (χ1n) is 12.4. The molecule has 1 aliphatic carbocycles. The minimum atomic E-state index is -1.91. The Morgan fingerprint density at radius 2 is 2.00 bits per heavy atom. The molecule has 4 aliphatic rings. The molecule has 1 fully saturated rings. The molecule has 3 atom stereocenters. The van der Waals surface area contributed by atoms with E-state index in [1.165, 1.54) is 20.3 Å². The number of ether oxygens (including phenoxy) is 4. The van der Waals surface area contributed by atoms with Crippen LogP contribution >= 0.6 is 11.8 Å². The average molecular weight is 578 g/mol. The number of carbonyl (C=O) groups is 5. The number of alkyl carbamates (subject to hydrolysis) is 1. The monoisotopic (exact) mass is 577 g/mol. The maximum absolute atomic E-state index is 13.8. The highest BCUT2D eigenvalue weighted by Gasteiger charge is 2.67. The van der Waals surface area contributed by atoms with Crippen LogP contribution < -0.4 is 10.6 Å². The van der Waals surface area contributed by atoms with E-state index < -0.39 is 52.6 Å². The van der Waals surface area contributed by atoms with Gasteiger partial charge in [-0.05, 0) is 56.4 Å². The van der Waals surface area contributed by atoms with E-state index in [1.807, 2.05) is 0 Å². The predicted molar refractivity (Wildman–Crippen MR) is 140 cm³/mol. The van der Waals surface area contributed by atoms with Gasteiger partial charge in [0.15, 0.2) is 0 Å². The van der Waals surface area contributed by atoms with Gasteiger partial charge in [0.2, 0.25) is 5.91 Å². The van der Waals surface area contributed by atoms with Crippen LogP contribution in [0.1, 0.15) is 40.5 Å². The Hall–Kier alpha value is -3.78. The van der Waals surface area contributed by atoms with E-state index in [1.54, 1.807) is 33.1 Å². The van der Waals surface area contributed by atoms with Gasteiger partial charge in [-0.2, -0.15) is 0 Å². The van der Waals surface area contributed by atoms with Crippen LogP contribution in [-0.4, -0.2) is 82.1 Å². The molecule has 14 heteroatoms. The molecule has 3 aliphatic heterocycles. The number of hydrogen-bond donors (Lipinski definition) is 3. The zero-order valence-electron chi connectivity index (χ0n) is 22.7. The van der Waals surface area contributed by atoms with Gasteiger partial charge in [0.05, 0.1) is 12.5 Å². The summed E-state index contributed by atoms with van der Waals surface area (Å²) < 4.78 is 21.1. The summed E-state index contributed by atoms with van der Waals surface area (Å²) in [4.78, 5) is 64.4. The lowest BCUT2D eigenvalue weighted by atomic mass is 9.95.